The second-order valence-corrected chi connectivity index (χ2v) is 14.9. The van der Waals surface area contributed by atoms with Crippen molar-refractivity contribution in [2.75, 3.05) is 32.7 Å². The Labute approximate surface area is 432 Å². The Kier molecular flexibility index (Phi) is 36.6. The maximum Gasteiger partial charge on any atom is 0 e. The quantitative estimate of drug-likeness (QED) is 0.0199. The van der Waals surface area contributed by atoms with E-state index in [-0.39, 0.29) is 71.0 Å². The second-order valence-electron chi connectivity index (χ2n) is 14.9. The van der Waals surface area contributed by atoms with E-state index in [0.717, 1.165) is 0 Å². The van der Waals surface area contributed by atoms with Crippen molar-refractivity contribution in [3.63, 3.8) is 0 Å². The number of aliphatic carboxylic acids is 8. The normalized spacial score (nSPS) is 11.2. The summed E-state index contributed by atoms with van der Waals surface area (Å²) >= 11 is 0. The Hall–Kier alpha value is -8.10. The summed E-state index contributed by atoms with van der Waals surface area (Å²) < 4.78 is 25.2. The first-order valence-corrected chi connectivity index (χ1v) is 20.7. The van der Waals surface area contributed by atoms with Gasteiger partial charge in [-0.15, -0.1) is 0 Å². The molecule has 0 fully saturated rings. The standard InChI is InChI=1S/C38H51N9O20.3CO.Re/c48-23(4-5-24(36(63)64)41-38(67)42-25(37(65)66)6-7-30(51)52)13-22(35(61)62)3-1-2-10-43(14-26-39-8-11-44(26)16-28(49)46(18-31(53)54)19-32(55)56)15-27-40-9-12-45(27)17-29(50)47(20-33(57)58)21-34(59)60;3*1-2;/h8-9,11-12,22,24-25H,1-7,10,13-21H2,(H,51,52)(H,53,54)(H,55,56)(H,57,58)(H,59,60)(H,61,62)(H,63,64)(H,65,66)(H2,41,42,67);;;;/t22-,24+,25+;;;;/m1..../s1. The fourth-order valence-electron chi connectivity index (χ4n) is 6.36. The summed E-state index contributed by atoms with van der Waals surface area (Å²) in [5.41, 5.74) is 0. The van der Waals surface area contributed by atoms with Crippen LogP contribution < -0.4 is 10.6 Å². The minimum Gasteiger partial charge on any atom is 0 e. The molecule has 2 aromatic rings. The van der Waals surface area contributed by atoms with Crippen LogP contribution in [0.1, 0.15) is 63.0 Å². The van der Waals surface area contributed by atoms with Crippen molar-refractivity contribution in [1.82, 2.24) is 44.4 Å². The van der Waals surface area contributed by atoms with Crippen molar-refractivity contribution in [1.29, 1.82) is 0 Å². The first kappa shape index (κ1) is 70.2. The third-order valence-electron chi connectivity index (χ3n) is 9.62. The number of nitrogens with zero attached hydrogens (tertiary/aromatic N) is 7. The van der Waals surface area contributed by atoms with E-state index in [0.29, 0.717) is 9.80 Å². The van der Waals surface area contributed by atoms with Crippen LogP contribution in [0.5, 0.6) is 0 Å². The topological polar surface area (TPSA) is 496 Å². The number of hydrogen-bond acceptors (Lipinski definition) is 15. The maximum atomic E-state index is 13.0. The summed E-state index contributed by atoms with van der Waals surface area (Å²) in [6, 6.07) is -4.64. The second kappa shape index (κ2) is 38.6. The average Bonchev–Trinajstić information content (AvgIpc) is 3.95. The summed E-state index contributed by atoms with van der Waals surface area (Å²) in [6.45, 7) is 8.78. The number of unbranched alkanes of at least 4 members (excludes halogenated alkanes) is 1. The van der Waals surface area contributed by atoms with Crippen molar-refractivity contribution in [2.24, 2.45) is 5.92 Å². The molecule has 0 spiro atoms. The Morgan fingerprint density at radius 1 is 0.541 bits per heavy atom. The molecule has 2 rings (SSSR count). The summed E-state index contributed by atoms with van der Waals surface area (Å²) in [5, 5.41) is 78.3. The number of imidazole rings is 2. The van der Waals surface area contributed by atoms with Crippen molar-refractivity contribution >= 4 is 71.4 Å². The zero-order valence-electron chi connectivity index (χ0n) is 38.8. The predicted molar refractivity (Wildman–Crippen MR) is 229 cm³/mol. The Bertz CT molecular complexity index is 2160. The van der Waals surface area contributed by atoms with Gasteiger partial charge in [0, 0.05) is 64.5 Å². The van der Waals surface area contributed by atoms with E-state index in [4.69, 9.17) is 19.1 Å². The third-order valence-corrected chi connectivity index (χ3v) is 9.62. The molecular formula is C41H51N9O23Re. The van der Waals surface area contributed by atoms with Gasteiger partial charge in [-0.3, -0.25) is 48.1 Å². The molecule has 0 aliphatic heterocycles. The number of amides is 4. The number of hydrogen-bond donors (Lipinski definition) is 10. The van der Waals surface area contributed by atoms with Gasteiger partial charge in [0.15, 0.2) is 0 Å². The van der Waals surface area contributed by atoms with Gasteiger partial charge in [0.05, 0.1) is 19.0 Å². The molecule has 0 aliphatic rings. The predicted octanol–water partition coefficient (Wildman–Crippen LogP) is -2.36. The minimum absolute atomic E-state index is 0. The molecule has 0 unspecified atom stereocenters. The zero-order chi connectivity index (χ0) is 56.4. The molecule has 0 aromatic carbocycles. The number of rotatable bonds is 34. The van der Waals surface area contributed by atoms with E-state index in [9.17, 15) is 93.3 Å². The summed E-state index contributed by atoms with van der Waals surface area (Å²) in [5.74, 6) is -15.0. The van der Waals surface area contributed by atoms with Gasteiger partial charge in [-0.1, -0.05) is 6.42 Å². The molecule has 0 bridgehead atoms. The third kappa shape index (κ3) is 29.3. The number of carbonyl (C=O) groups is 12. The molecule has 74 heavy (non-hydrogen) atoms. The van der Waals surface area contributed by atoms with Gasteiger partial charge in [0.1, 0.15) is 68.8 Å². The van der Waals surface area contributed by atoms with Crippen molar-refractivity contribution in [3.8, 4) is 0 Å². The number of carbonyl (C=O) groups excluding carboxylic acids is 4. The number of urea groups is 1. The number of ketones is 1. The first-order valence-electron chi connectivity index (χ1n) is 20.7. The fraction of sp³-hybridized carbons (Fsp3) is 0.488. The number of carboxylic acid groups (broad SMARTS) is 8. The van der Waals surface area contributed by atoms with Crippen LogP contribution in [0.25, 0.3) is 0 Å². The number of aromatic nitrogens is 4. The summed E-state index contributed by atoms with van der Waals surface area (Å²) in [7, 11) is 0. The van der Waals surface area contributed by atoms with E-state index >= 15 is 0 Å². The molecule has 33 heteroatoms. The minimum atomic E-state index is -1.71. The first-order chi connectivity index (χ1) is 34.4. The molecule has 2 aromatic heterocycles. The van der Waals surface area contributed by atoms with Crippen LogP contribution in [0.3, 0.4) is 0 Å². The molecule has 0 aliphatic carbocycles. The molecule has 405 valence electrons. The van der Waals surface area contributed by atoms with Crippen LogP contribution in [0, 0.1) is 25.9 Å². The molecule has 1 radical (unpaired) electrons. The molecule has 4 amide bonds. The molecule has 0 saturated heterocycles. The smallest absolute Gasteiger partial charge is 0 e. The van der Waals surface area contributed by atoms with Crippen molar-refractivity contribution < 1.29 is 133 Å². The summed E-state index contributed by atoms with van der Waals surface area (Å²) in [6.07, 6.45) is 3.05. The molecule has 2 heterocycles. The van der Waals surface area contributed by atoms with Crippen LogP contribution in [-0.2, 0) is 113 Å². The Morgan fingerprint density at radius 2 is 0.919 bits per heavy atom. The number of carboxylic acids is 8. The van der Waals surface area contributed by atoms with E-state index in [1.165, 1.54) is 33.9 Å². The van der Waals surface area contributed by atoms with Gasteiger partial charge in [-0.05, 0) is 32.2 Å². The van der Waals surface area contributed by atoms with E-state index < -0.39 is 161 Å². The van der Waals surface area contributed by atoms with Gasteiger partial charge in [0.25, 0.3) is 0 Å². The van der Waals surface area contributed by atoms with Crippen LogP contribution in [0.15, 0.2) is 24.8 Å². The molecule has 0 saturated carbocycles. The Morgan fingerprint density at radius 3 is 1.26 bits per heavy atom. The maximum absolute atomic E-state index is 13.0. The molecule has 3 atom stereocenters. The summed E-state index contributed by atoms with van der Waals surface area (Å²) in [4.78, 5) is 154. The van der Waals surface area contributed by atoms with E-state index in [1.54, 1.807) is 4.90 Å². The SMILES string of the molecule is O=C(O)CC[C@H](NC(=O)N[C@@H](CCC(=O)C[C@@H](CCCCN(Cc1nccn1CC(=O)N(CC(=O)O)CC(=O)O)Cc1nccn1CC(=O)N(CC(=O)O)CC(=O)O)C(=O)O)C(=O)O)C(=O)O.[C-]#[O+].[C-]#[O+].[C-]#[O+].[Re]. The van der Waals surface area contributed by atoms with Crippen LogP contribution >= 0.6 is 0 Å². The Balaban J connectivity index is -0.00000693. The monoisotopic (exact) mass is 1220 g/mol. The van der Waals surface area contributed by atoms with Crippen LogP contribution in [0.4, 0.5) is 4.79 Å². The largest absolute Gasteiger partial charge is 0 e. The molecular weight excluding hydrogens is 1170 g/mol. The van der Waals surface area contributed by atoms with Gasteiger partial charge in [0.2, 0.25) is 11.8 Å². The van der Waals surface area contributed by atoms with E-state index in [1.807, 2.05) is 10.6 Å². The van der Waals surface area contributed by atoms with Gasteiger partial charge < -0.3 is 70.4 Å². The average molecular weight is 1220 g/mol. The zero-order valence-corrected chi connectivity index (χ0v) is 41.5. The van der Waals surface area contributed by atoms with Crippen molar-refractivity contribution in [2.45, 2.75) is 89.6 Å². The van der Waals surface area contributed by atoms with Gasteiger partial charge >= 0.3 is 87.7 Å². The van der Waals surface area contributed by atoms with Crippen molar-refractivity contribution in [3.05, 3.63) is 56.4 Å². The molecule has 32 nitrogen and oxygen atoms in total. The van der Waals surface area contributed by atoms with Gasteiger partial charge in [-0.25, -0.2) is 24.4 Å². The van der Waals surface area contributed by atoms with Crippen LogP contribution in [-0.4, -0.2) is 191 Å². The van der Waals surface area contributed by atoms with Gasteiger partial charge in [-0.2, -0.15) is 0 Å². The number of Topliss-reactive ketones (excluding diaryl/α,β-unsaturated/α-hetero) is 1. The van der Waals surface area contributed by atoms with Crippen LogP contribution in [0.2, 0.25) is 0 Å². The number of nitrogens with one attached hydrogen (secondary N) is 2. The van der Waals surface area contributed by atoms with E-state index in [2.05, 4.69) is 29.9 Å². The fourth-order valence-corrected chi connectivity index (χ4v) is 6.36. The molecule has 10 N–H and O–H groups in total.